The highest BCUT2D eigenvalue weighted by Gasteiger charge is 2.29. The Kier molecular flexibility index (Phi) is 2.67. The topological polar surface area (TPSA) is 75.8 Å². The number of amides is 1. The summed E-state index contributed by atoms with van der Waals surface area (Å²) in [5.41, 5.74) is 5.29. The number of carbonyl (C=O) groups is 1. The molecule has 0 saturated carbocycles. The highest BCUT2D eigenvalue weighted by Crippen LogP contribution is 2.08. The first-order valence-electron chi connectivity index (χ1n) is 3.54. The fraction of sp³-hybridized carbons (Fsp3) is 0.833. The number of nitrogens with two attached hydrogens (primary N) is 1. The third kappa shape index (κ3) is 1.81. The third-order valence-electron chi connectivity index (χ3n) is 1.58. The van der Waals surface area contributed by atoms with E-state index in [1.54, 1.807) is 0 Å². The Hall–Kier alpha value is -0.810. The van der Waals surface area contributed by atoms with Gasteiger partial charge in [0, 0.05) is 13.1 Å². The summed E-state index contributed by atoms with van der Waals surface area (Å²) in [5, 5.41) is 8.52. The molecular weight excluding hydrogens is 148 g/mol. The van der Waals surface area contributed by atoms with Crippen LogP contribution in [0.3, 0.4) is 0 Å². The molecule has 0 radical (unpaired) electrons. The molecule has 1 rings (SSSR count). The van der Waals surface area contributed by atoms with Gasteiger partial charge in [0.1, 0.15) is 6.10 Å². The Labute approximate surface area is 64.7 Å². The number of β-amino-alcohol motifs (C(OH)–C–C–N with tert-alkyl or cyclic N) is 1. The summed E-state index contributed by atoms with van der Waals surface area (Å²) in [7, 11) is 0. The fourth-order valence-corrected chi connectivity index (χ4v) is 1.00. The van der Waals surface area contributed by atoms with Crippen LogP contribution in [-0.4, -0.2) is 48.4 Å². The van der Waals surface area contributed by atoms with Crippen LogP contribution in [0.25, 0.3) is 0 Å². The van der Waals surface area contributed by atoms with Gasteiger partial charge in [-0.15, -0.1) is 0 Å². The zero-order valence-electron chi connectivity index (χ0n) is 6.19. The molecular formula is C6H12N2O3. The lowest BCUT2D eigenvalue weighted by Gasteiger charge is -2.08. The highest BCUT2D eigenvalue weighted by atomic mass is 16.6. The summed E-state index contributed by atoms with van der Waals surface area (Å²) in [5.74, 6) is 0. The van der Waals surface area contributed by atoms with Crippen LogP contribution in [0, 0.1) is 0 Å². The van der Waals surface area contributed by atoms with E-state index in [2.05, 4.69) is 0 Å². The molecule has 11 heavy (non-hydrogen) atoms. The van der Waals surface area contributed by atoms with Gasteiger partial charge in [-0.05, 0) is 0 Å². The van der Waals surface area contributed by atoms with Crippen molar-refractivity contribution in [2.24, 2.45) is 5.73 Å². The summed E-state index contributed by atoms with van der Waals surface area (Å²) in [6, 6.07) is 0. The lowest BCUT2D eigenvalue weighted by atomic mass is 10.3. The average molecular weight is 160 g/mol. The molecule has 1 amide bonds. The van der Waals surface area contributed by atoms with E-state index >= 15 is 0 Å². The number of cyclic esters (lactones) is 1. The number of hydrogen-bond acceptors (Lipinski definition) is 4. The summed E-state index contributed by atoms with van der Waals surface area (Å²) < 4.78 is 4.83. The van der Waals surface area contributed by atoms with E-state index in [0.717, 1.165) is 0 Å². The number of nitrogens with zero attached hydrogens (tertiary/aromatic N) is 1. The van der Waals surface area contributed by atoms with Crippen LogP contribution < -0.4 is 5.73 Å². The second kappa shape index (κ2) is 3.54. The van der Waals surface area contributed by atoms with Crippen molar-refractivity contribution in [1.82, 2.24) is 4.90 Å². The van der Waals surface area contributed by atoms with Gasteiger partial charge < -0.3 is 20.5 Å². The lowest BCUT2D eigenvalue weighted by Crippen LogP contribution is -2.29. The van der Waals surface area contributed by atoms with Crippen molar-refractivity contribution >= 4 is 6.09 Å². The Morgan fingerprint density at radius 2 is 2.55 bits per heavy atom. The number of aliphatic hydroxyl groups is 1. The van der Waals surface area contributed by atoms with Gasteiger partial charge in [-0.25, -0.2) is 4.79 Å². The van der Waals surface area contributed by atoms with Gasteiger partial charge in [-0.1, -0.05) is 0 Å². The molecule has 1 atom stereocenters. The number of aliphatic hydroxyl groups excluding tert-OH is 1. The summed E-state index contributed by atoms with van der Waals surface area (Å²) >= 11 is 0. The van der Waals surface area contributed by atoms with Crippen LogP contribution in [-0.2, 0) is 4.74 Å². The first kappa shape index (κ1) is 8.29. The molecule has 3 N–H and O–H groups in total. The van der Waals surface area contributed by atoms with Crippen molar-refractivity contribution in [2.45, 2.75) is 6.10 Å². The van der Waals surface area contributed by atoms with Crippen LogP contribution in [0.4, 0.5) is 4.79 Å². The van der Waals surface area contributed by atoms with Gasteiger partial charge in [-0.3, -0.25) is 0 Å². The van der Waals surface area contributed by atoms with Crippen molar-refractivity contribution in [2.75, 3.05) is 26.2 Å². The standard InChI is InChI=1S/C6H12N2O3/c7-3-5-4-8(1-2-9)6(10)11-5/h5,9H,1-4,7H2. The van der Waals surface area contributed by atoms with Crippen LogP contribution >= 0.6 is 0 Å². The molecule has 0 bridgehead atoms. The second-order valence-corrected chi connectivity index (χ2v) is 2.41. The van der Waals surface area contributed by atoms with Crippen molar-refractivity contribution in [3.05, 3.63) is 0 Å². The van der Waals surface area contributed by atoms with Crippen molar-refractivity contribution in [3.63, 3.8) is 0 Å². The maximum absolute atomic E-state index is 10.9. The van der Waals surface area contributed by atoms with E-state index in [0.29, 0.717) is 19.6 Å². The molecule has 0 aromatic carbocycles. The van der Waals surface area contributed by atoms with E-state index in [1.807, 2.05) is 0 Å². The van der Waals surface area contributed by atoms with Gasteiger partial charge in [0.05, 0.1) is 13.2 Å². The van der Waals surface area contributed by atoms with Gasteiger partial charge in [0.15, 0.2) is 0 Å². The van der Waals surface area contributed by atoms with Crippen LogP contribution in [0.5, 0.6) is 0 Å². The zero-order chi connectivity index (χ0) is 8.27. The first-order valence-corrected chi connectivity index (χ1v) is 3.54. The maximum Gasteiger partial charge on any atom is 0.410 e. The Balaban J connectivity index is 2.38. The van der Waals surface area contributed by atoms with Crippen molar-refractivity contribution < 1.29 is 14.6 Å². The number of rotatable bonds is 3. The second-order valence-electron chi connectivity index (χ2n) is 2.41. The van der Waals surface area contributed by atoms with E-state index in [4.69, 9.17) is 15.6 Å². The molecule has 1 unspecified atom stereocenters. The van der Waals surface area contributed by atoms with E-state index < -0.39 is 0 Å². The number of ether oxygens (including phenoxy) is 1. The van der Waals surface area contributed by atoms with Crippen LogP contribution in [0.15, 0.2) is 0 Å². The molecule has 0 aliphatic carbocycles. The molecule has 0 spiro atoms. The van der Waals surface area contributed by atoms with Gasteiger partial charge in [-0.2, -0.15) is 0 Å². The Morgan fingerprint density at radius 3 is 3.00 bits per heavy atom. The van der Waals surface area contributed by atoms with Crippen LogP contribution in [0.1, 0.15) is 0 Å². The molecule has 5 nitrogen and oxygen atoms in total. The SMILES string of the molecule is NCC1CN(CCO)C(=O)O1. The predicted molar refractivity (Wildman–Crippen MR) is 38.0 cm³/mol. The van der Waals surface area contributed by atoms with Gasteiger partial charge in [0.25, 0.3) is 0 Å². The molecule has 1 fully saturated rings. The van der Waals surface area contributed by atoms with Crippen molar-refractivity contribution in [1.29, 1.82) is 0 Å². The molecule has 0 aromatic rings. The highest BCUT2D eigenvalue weighted by molar-refractivity contribution is 5.69. The molecule has 1 aliphatic rings. The average Bonchev–Trinajstić information content (AvgIpc) is 2.33. The normalized spacial score (nSPS) is 24.0. The minimum absolute atomic E-state index is 0.0353. The van der Waals surface area contributed by atoms with Crippen molar-refractivity contribution in [3.8, 4) is 0 Å². The quantitative estimate of drug-likeness (QED) is 0.541. The molecule has 1 saturated heterocycles. The first-order chi connectivity index (χ1) is 5.27. The minimum atomic E-state index is -0.380. The number of hydrogen-bond donors (Lipinski definition) is 2. The smallest absolute Gasteiger partial charge is 0.410 e. The molecule has 64 valence electrons. The lowest BCUT2D eigenvalue weighted by molar-refractivity contribution is 0.132. The van der Waals surface area contributed by atoms with Gasteiger partial charge in [0.2, 0.25) is 0 Å². The van der Waals surface area contributed by atoms with Crippen LogP contribution in [0.2, 0.25) is 0 Å². The van der Waals surface area contributed by atoms with Gasteiger partial charge >= 0.3 is 6.09 Å². The molecule has 1 heterocycles. The summed E-state index contributed by atoms with van der Waals surface area (Å²) in [6.07, 6.45) is -0.580. The van der Waals surface area contributed by atoms with E-state index in [1.165, 1.54) is 4.90 Å². The summed E-state index contributed by atoms with van der Waals surface area (Å²) in [4.78, 5) is 12.3. The monoisotopic (exact) mass is 160 g/mol. The maximum atomic E-state index is 10.9. The minimum Gasteiger partial charge on any atom is -0.443 e. The molecule has 5 heteroatoms. The number of carbonyl (C=O) groups excluding carboxylic acids is 1. The predicted octanol–water partition coefficient (Wildman–Crippen LogP) is -1.24. The van der Waals surface area contributed by atoms with E-state index in [-0.39, 0.29) is 18.8 Å². The fourth-order valence-electron chi connectivity index (χ4n) is 1.00. The van der Waals surface area contributed by atoms with E-state index in [9.17, 15) is 4.79 Å². The molecule has 1 aliphatic heterocycles. The Bertz CT molecular complexity index is 151. The zero-order valence-corrected chi connectivity index (χ0v) is 6.19. The Morgan fingerprint density at radius 1 is 1.82 bits per heavy atom. The summed E-state index contributed by atoms with van der Waals surface area (Å²) in [6.45, 7) is 1.13. The molecule has 0 aromatic heterocycles. The largest absolute Gasteiger partial charge is 0.443 e. The third-order valence-corrected chi connectivity index (χ3v) is 1.58.